The van der Waals surface area contributed by atoms with Crippen molar-refractivity contribution in [3.63, 3.8) is 0 Å². The number of rotatable bonds is 11. The van der Waals surface area contributed by atoms with E-state index in [0.29, 0.717) is 54.9 Å². The number of benzene rings is 3. The lowest BCUT2D eigenvalue weighted by Gasteiger charge is -2.14. The zero-order valence-electron chi connectivity index (χ0n) is 32.3. The average Bonchev–Trinajstić information content (AvgIpc) is 4.02. The number of hydrogen-bond acceptors (Lipinski definition) is 13. The third kappa shape index (κ3) is 8.52. The van der Waals surface area contributed by atoms with E-state index in [1.165, 1.54) is 46.4 Å². The fourth-order valence-corrected chi connectivity index (χ4v) is 8.07. The van der Waals surface area contributed by atoms with Gasteiger partial charge in [0.25, 0.3) is 11.8 Å². The van der Waals surface area contributed by atoms with Gasteiger partial charge in [-0.3, -0.25) is 9.59 Å². The number of nitrogens with zero attached hydrogens (tertiary/aromatic N) is 5. The van der Waals surface area contributed by atoms with E-state index < -0.39 is 0 Å². The lowest BCUT2D eigenvalue weighted by atomic mass is 9.92. The Kier molecular flexibility index (Phi) is 10.9. The number of aromatic nitrogens is 5. The summed E-state index contributed by atoms with van der Waals surface area (Å²) in [6, 6.07) is 16.7. The zero-order valence-corrected chi connectivity index (χ0v) is 34.8. The number of phenols is 2. The molecule has 4 heterocycles. The summed E-state index contributed by atoms with van der Waals surface area (Å²) in [4.78, 5) is 40.7. The fraction of sp³-hybridized carbons (Fsp3) is 0.220. The number of nitrogens with one attached hydrogen (secondary N) is 4. The van der Waals surface area contributed by atoms with Gasteiger partial charge in [0.05, 0.1) is 47.4 Å². The lowest BCUT2D eigenvalue weighted by Crippen LogP contribution is -2.12. The van der Waals surface area contributed by atoms with E-state index in [-0.39, 0.29) is 28.7 Å². The Morgan fingerprint density at radius 1 is 0.772 bits per heavy atom. The van der Waals surface area contributed by atoms with Gasteiger partial charge in [-0.15, -0.1) is 11.3 Å². The normalized spacial score (nSPS) is 11.4. The molecule has 3 aromatic carbocycles. The molecule has 0 fully saturated rings. The van der Waals surface area contributed by atoms with Gasteiger partial charge >= 0.3 is 0 Å². The molecule has 4 aromatic heterocycles. The van der Waals surface area contributed by atoms with Crippen LogP contribution in [0.2, 0.25) is 0 Å². The third-order valence-corrected chi connectivity index (χ3v) is 12.0. The first-order valence-electron chi connectivity index (χ1n) is 17.9. The van der Waals surface area contributed by atoms with Gasteiger partial charge in [0.2, 0.25) is 0 Å². The number of aromatic hydroxyl groups is 2. The largest absolute Gasteiger partial charge is 0.508 e. The van der Waals surface area contributed by atoms with E-state index in [9.17, 15) is 19.8 Å². The Labute approximate surface area is 341 Å². The number of amides is 2. The summed E-state index contributed by atoms with van der Waals surface area (Å²) < 4.78 is 1.83. The Morgan fingerprint density at radius 3 is 1.91 bits per heavy atom. The summed E-state index contributed by atoms with van der Waals surface area (Å²) in [5.74, 6) is 0.335. The van der Waals surface area contributed by atoms with Crippen LogP contribution in [0.1, 0.15) is 73.1 Å². The van der Waals surface area contributed by atoms with Crippen LogP contribution >= 0.6 is 34.0 Å². The number of thiazole rings is 3. The van der Waals surface area contributed by atoms with Crippen molar-refractivity contribution in [3.05, 3.63) is 115 Å². The van der Waals surface area contributed by atoms with Crippen molar-refractivity contribution < 1.29 is 19.8 Å². The van der Waals surface area contributed by atoms with Crippen LogP contribution in [0, 0.1) is 27.7 Å². The Balaban J connectivity index is 1.01. The van der Waals surface area contributed by atoms with Crippen molar-refractivity contribution >= 4 is 73.3 Å². The number of carbonyl (C=O) groups is 2. The lowest BCUT2D eigenvalue weighted by molar-refractivity contribution is 0.102. The molecular formula is C41H41N9O4S3. The molecule has 292 valence electrons. The number of anilines is 5. The van der Waals surface area contributed by atoms with Crippen molar-refractivity contribution in [1.82, 2.24) is 24.7 Å². The maximum absolute atomic E-state index is 13.2. The first kappa shape index (κ1) is 39.1. The van der Waals surface area contributed by atoms with Gasteiger partial charge in [0, 0.05) is 33.6 Å². The van der Waals surface area contributed by atoms with Gasteiger partial charge in [-0.1, -0.05) is 67.7 Å². The van der Waals surface area contributed by atoms with E-state index in [4.69, 9.17) is 10.1 Å². The van der Waals surface area contributed by atoms with Crippen LogP contribution in [-0.4, -0.2) is 46.8 Å². The second kappa shape index (κ2) is 15.8. The van der Waals surface area contributed by atoms with Gasteiger partial charge in [0.15, 0.2) is 10.3 Å². The molecule has 0 saturated carbocycles. The molecule has 7 rings (SSSR count). The standard InChI is InChI=1S/C41H41N9O4S3/c1-21-8-14-28(51)23(3)35(21)47-37(53)30-17-42-39(56-30)44-19-34-45-27(20-55-34)25-10-12-26(13-11-25)50-33(16-32(49-50)41(5,6)7)46-40-43-18-31(57-40)38(54)48-36-22(2)9-15-29(52)24(36)4/h8-18,20,51-52H,19H2,1-7H3,(H,42,44)(H,43,46)(H,47,53)(H,48,54). The van der Waals surface area contributed by atoms with Gasteiger partial charge in [-0.25, -0.2) is 19.6 Å². The summed E-state index contributed by atoms with van der Waals surface area (Å²) in [5.41, 5.74) is 7.35. The molecule has 0 spiro atoms. The molecule has 0 radical (unpaired) electrons. The third-order valence-electron chi connectivity index (χ3n) is 9.29. The van der Waals surface area contributed by atoms with Crippen molar-refractivity contribution in [2.75, 3.05) is 21.3 Å². The minimum absolute atomic E-state index is 0.118. The Hall–Kier alpha value is -6.10. The number of phenolic OH excluding ortho intramolecular Hbond substituents is 2. The molecule has 57 heavy (non-hydrogen) atoms. The first-order chi connectivity index (χ1) is 27.1. The van der Waals surface area contributed by atoms with Gasteiger partial charge in [-0.2, -0.15) is 5.10 Å². The molecule has 0 atom stereocenters. The average molecular weight is 820 g/mol. The minimum atomic E-state index is -0.313. The highest BCUT2D eigenvalue weighted by Crippen LogP contribution is 2.34. The van der Waals surface area contributed by atoms with Crippen molar-refractivity contribution in [1.29, 1.82) is 0 Å². The van der Waals surface area contributed by atoms with Gasteiger partial charge < -0.3 is 31.5 Å². The van der Waals surface area contributed by atoms with Crippen LogP contribution < -0.4 is 21.3 Å². The van der Waals surface area contributed by atoms with E-state index in [2.05, 4.69) is 52.0 Å². The summed E-state index contributed by atoms with van der Waals surface area (Å²) >= 11 is 3.99. The predicted molar refractivity (Wildman–Crippen MR) is 229 cm³/mol. The number of carbonyl (C=O) groups excluding carboxylic acids is 2. The van der Waals surface area contributed by atoms with E-state index >= 15 is 0 Å². The molecule has 7 aromatic rings. The Bertz CT molecular complexity index is 2620. The van der Waals surface area contributed by atoms with Gasteiger partial charge in [0.1, 0.15) is 32.1 Å². The molecule has 0 saturated heterocycles. The molecule has 0 bridgehead atoms. The maximum atomic E-state index is 13.2. The molecule has 0 unspecified atom stereocenters. The number of hydrogen-bond donors (Lipinski definition) is 6. The minimum Gasteiger partial charge on any atom is -0.508 e. The second-order valence-electron chi connectivity index (χ2n) is 14.5. The van der Waals surface area contributed by atoms with Crippen LogP contribution in [0.4, 0.5) is 27.5 Å². The number of aryl methyl sites for hydroxylation is 2. The highest BCUT2D eigenvalue weighted by Gasteiger charge is 2.23. The molecule has 16 heteroatoms. The van der Waals surface area contributed by atoms with Crippen molar-refractivity contribution in [3.8, 4) is 28.4 Å². The van der Waals surface area contributed by atoms with Crippen LogP contribution in [-0.2, 0) is 12.0 Å². The highest BCUT2D eigenvalue weighted by molar-refractivity contribution is 7.18. The maximum Gasteiger partial charge on any atom is 0.267 e. The van der Waals surface area contributed by atoms with Crippen LogP contribution in [0.25, 0.3) is 16.9 Å². The summed E-state index contributed by atoms with van der Waals surface area (Å²) in [6.45, 7) is 14.0. The van der Waals surface area contributed by atoms with Crippen molar-refractivity contribution in [2.24, 2.45) is 0 Å². The van der Waals surface area contributed by atoms with Crippen LogP contribution in [0.3, 0.4) is 0 Å². The van der Waals surface area contributed by atoms with E-state index in [1.807, 2.05) is 54.2 Å². The van der Waals surface area contributed by atoms with E-state index in [1.54, 1.807) is 38.1 Å². The fourth-order valence-electron chi connectivity index (χ4n) is 5.90. The SMILES string of the molecule is Cc1ccc(O)c(C)c1NC(=O)c1cnc(NCc2nc(-c3ccc(-n4nc(C(C)(C)C)cc4Nc4ncc(C(=O)Nc5c(C)ccc(O)c5C)s4)cc3)cs2)s1. The van der Waals surface area contributed by atoms with Crippen molar-refractivity contribution in [2.45, 2.75) is 60.4 Å². The quantitative estimate of drug-likeness (QED) is 0.0736. The zero-order chi connectivity index (χ0) is 40.6. The molecule has 0 aliphatic rings. The van der Waals surface area contributed by atoms with E-state index in [0.717, 1.165) is 38.8 Å². The smallest absolute Gasteiger partial charge is 0.267 e. The summed E-state index contributed by atoms with van der Waals surface area (Å²) in [5, 5.41) is 41.6. The molecule has 2 amide bonds. The van der Waals surface area contributed by atoms with Gasteiger partial charge in [-0.05, 0) is 63.1 Å². The molecule has 13 nitrogen and oxygen atoms in total. The highest BCUT2D eigenvalue weighted by atomic mass is 32.1. The monoisotopic (exact) mass is 819 g/mol. The van der Waals surface area contributed by atoms with Crippen LogP contribution in [0.5, 0.6) is 11.5 Å². The Morgan fingerprint density at radius 2 is 1.33 bits per heavy atom. The summed E-state index contributed by atoms with van der Waals surface area (Å²) in [6.07, 6.45) is 3.06. The summed E-state index contributed by atoms with van der Waals surface area (Å²) in [7, 11) is 0. The first-order valence-corrected chi connectivity index (χ1v) is 20.4. The van der Waals surface area contributed by atoms with Crippen LogP contribution in [0.15, 0.2) is 72.4 Å². The topological polar surface area (TPSA) is 179 Å². The molecule has 6 N–H and O–H groups in total. The molecule has 0 aliphatic carbocycles. The predicted octanol–water partition coefficient (Wildman–Crippen LogP) is 9.71. The molecule has 0 aliphatic heterocycles. The molecular weight excluding hydrogens is 779 g/mol. The second-order valence-corrected chi connectivity index (χ2v) is 17.5.